The van der Waals surface area contributed by atoms with Crippen molar-refractivity contribution in [3.8, 4) is 0 Å². The first kappa shape index (κ1) is 31.0. The van der Waals surface area contributed by atoms with E-state index in [1.165, 1.54) is 57.8 Å². The summed E-state index contributed by atoms with van der Waals surface area (Å²) in [6.45, 7) is 9.53. The lowest BCUT2D eigenvalue weighted by atomic mass is 10.1. The highest BCUT2D eigenvalue weighted by Crippen LogP contribution is 2.10. The number of halogens is 1. The van der Waals surface area contributed by atoms with Crippen LogP contribution in [0.25, 0.3) is 0 Å². The van der Waals surface area contributed by atoms with Crippen LogP contribution in [0.15, 0.2) is 0 Å². The van der Waals surface area contributed by atoms with E-state index in [4.69, 9.17) is 40.0 Å². The van der Waals surface area contributed by atoms with Crippen LogP contribution in [0.3, 0.4) is 0 Å². The van der Waals surface area contributed by atoms with Crippen LogP contribution < -0.4 is 0 Å². The van der Waals surface area contributed by atoms with E-state index < -0.39 is 0 Å². The van der Waals surface area contributed by atoms with E-state index in [9.17, 15) is 0 Å². The van der Waals surface area contributed by atoms with Crippen LogP contribution in [0, 0.1) is 0 Å². The summed E-state index contributed by atoms with van der Waals surface area (Å²) in [5.74, 6) is 0.515. The van der Waals surface area contributed by atoms with Gasteiger partial charge in [0.15, 0.2) is 0 Å². The molecule has 0 atom stereocenters. The third-order valence-corrected chi connectivity index (χ3v) is 4.88. The molecule has 0 saturated heterocycles. The summed E-state index contributed by atoms with van der Waals surface area (Å²) in [7, 11) is 0. The molecule has 0 aromatic rings. The molecule has 0 saturated carbocycles. The van der Waals surface area contributed by atoms with Crippen molar-refractivity contribution in [3.63, 3.8) is 0 Å². The molecule has 6 nitrogen and oxygen atoms in total. The van der Waals surface area contributed by atoms with Crippen molar-refractivity contribution in [2.75, 3.05) is 85.2 Å². The van der Waals surface area contributed by atoms with E-state index >= 15 is 0 Å². The second kappa shape index (κ2) is 30.0. The Bertz CT molecular complexity index is 282. The van der Waals surface area contributed by atoms with Crippen molar-refractivity contribution in [2.45, 2.75) is 71.1 Å². The van der Waals surface area contributed by atoms with E-state index in [0.29, 0.717) is 78.6 Å². The molecule has 7 heteroatoms. The summed E-state index contributed by atoms with van der Waals surface area (Å²) in [4.78, 5) is 0. The molecule has 0 aliphatic rings. The van der Waals surface area contributed by atoms with Crippen LogP contribution in [0.2, 0.25) is 0 Å². The monoisotopic (exact) mass is 468 g/mol. The van der Waals surface area contributed by atoms with Gasteiger partial charge in [-0.05, 0) is 6.42 Å². The van der Waals surface area contributed by atoms with Gasteiger partial charge in [-0.3, -0.25) is 0 Å². The molecule has 0 aliphatic carbocycles. The summed E-state index contributed by atoms with van der Waals surface area (Å²) in [6, 6.07) is 0. The average Bonchev–Trinajstić information content (AvgIpc) is 2.78. The first-order valence-corrected chi connectivity index (χ1v) is 13.0. The fraction of sp³-hybridized carbons (Fsp3) is 1.00. The summed E-state index contributed by atoms with van der Waals surface area (Å²) in [5.41, 5.74) is 0. The Labute approximate surface area is 196 Å². The van der Waals surface area contributed by atoms with E-state index in [0.717, 1.165) is 13.0 Å². The van der Waals surface area contributed by atoms with Gasteiger partial charge in [0, 0.05) is 12.5 Å². The fourth-order valence-electron chi connectivity index (χ4n) is 2.95. The SMILES string of the molecule is CCCCCCCCCCCCOCCOCCOCCOCCOCCOCCCl. The van der Waals surface area contributed by atoms with E-state index in [1.807, 2.05) is 0 Å². The third-order valence-electron chi connectivity index (χ3n) is 4.72. The largest absolute Gasteiger partial charge is 0.379 e. The lowest BCUT2D eigenvalue weighted by Gasteiger charge is -2.08. The molecule has 0 N–H and O–H groups in total. The van der Waals surface area contributed by atoms with E-state index in [1.54, 1.807) is 0 Å². The van der Waals surface area contributed by atoms with Gasteiger partial charge >= 0.3 is 0 Å². The minimum absolute atomic E-state index is 0.515. The summed E-state index contributed by atoms with van der Waals surface area (Å²) < 4.78 is 32.6. The van der Waals surface area contributed by atoms with Gasteiger partial charge in [0.05, 0.1) is 72.7 Å². The van der Waals surface area contributed by atoms with Gasteiger partial charge in [-0.25, -0.2) is 0 Å². The second-order valence-corrected chi connectivity index (χ2v) is 7.92. The lowest BCUT2D eigenvalue weighted by molar-refractivity contribution is -0.0162. The van der Waals surface area contributed by atoms with Crippen LogP contribution >= 0.6 is 11.6 Å². The standard InChI is InChI=1S/C24H49ClO6/c1-2-3-4-5-6-7-8-9-10-11-13-26-15-17-28-19-21-30-23-24-31-22-20-29-18-16-27-14-12-25/h2-24H2,1H3. The first-order chi connectivity index (χ1) is 15.4. The third kappa shape index (κ3) is 30.1. The molecular formula is C24H49ClO6. The average molecular weight is 469 g/mol. The number of ether oxygens (including phenoxy) is 6. The van der Waals surface area contributed by atoms with Gasteiger partial charge in [-0.15, -0.1) is 11.6 Å². The predicted octanol–water partition coefficient (Wildman–Crippen LogP) is 5.25. The van der Waals surface area contributed by atoms with Crippen molar-refractivity contribution in [1.82, 2.24) is 0 Å². The van der Waals surface area contributed by atoms with Crippen molar-refractivity contribution in [1.29, 1.82) is 0 Å². The molecular weight excluding hydrogens is 420 g/mol. The fourth-order valence-corrected chi connectivity index (χ4v) is 3.06. The van der Waals surface area contributed by atoms with Gasteiger partial charge in [-0.1, -0.05) is 64.7 Å². The van der Waals surface area contributed by atoms with Crippen LogP contribution in [-0.2, 0) is 28.4 Å². The maximum Gasteiger partial charge on any atom is 0.0701 e. The normalized spacial score (nSPS) is 11.4. The summed E-state index contributed by atoms with van der Waals surface area (Å²) >= 11 is 5.50. The maximum atomic E-state index is 5.61. The van der Waals surface area contributed by atoms with Crippen LogP contribution in [-0.4, -0.2) is 85.2 Å². The van der Waals surface area contributed by atoms with Gasteiger partial charge in [0.25, 0.3) is 0 Å². The Morgan fingerprint density at radius 3 is 1.00 bits per heavy atom. The lowest BCUT2D eigenvalue weighted by Crippen LogP contribution is -2.14. The van der Waals surface area contributed by atoms with Crippen molar-refractivity contribution < 1.29 is 28.4 Å². The van der Waals surface area contributed by atoms with E-state index in [2.05, 4.69) is 6.92 Å². The first-order valence-electron chi connectivity index (χ1n) is 12.4. The Kier molecular flexibility index (Phi) is 30.1. The number of unbranched alkanes of at least 4 members (excludes halogenated alkanes) is 9. The predicted molar refractivity (Wildman–Crippen MR) is 127 cm³/mol. The molecule has 0 aliphatic heterocycles. The van der Waals surface area contributed by atoms with Gasteiger partial charge < -0.3 is 28.4 Å². The minimum atomic E-state index is 0.515. The Hall–Kier alpha value is 0.0500. The van der Waals surface area contributed by atoms with Crippen molar-refractivity contribution in [2.24, 2.45) is 0 Å². The van der Waals surface area contributed by atoms with Crippen LogP contribution in [0.1, 0.15) is 71.1 Å². The van der Waals surface area contributed by atoms with Gasteiger partial charge in [-0.2, -0.15) is 0 Å². The highest BCUT2D eigenvalue weighted by atomic mass is 35.5. The number of alkyl halides is 1. The zero-order valence-electron chi connectivity index (χ0n) is 20.1. The quantitative estimate of drug-likeness (QED) is 0.115. The molecule has 0 rings (SSSR count). The smallest absolute Gasteiger partial charge is 0.0701 e. The Morgan fingerprint density at radius 2 is 0.645 bits per heavy atom. The van der Waals surface area contributed by atoms with Gasteiger partial charge in [0.2, 0.25) is 0 Å². The number of rotatable bonds is 28. The number of hydrogen-bond donors (Lipinski definition) is 0. The molecule has 0 heterocycles. The molecule has 188 valence electrons. The molecule has 0 spiro atoms. The molecule has 0 bridgehead atoms. The molecule has 0 amide bonds. The topological polar surface area (TPSA) is 55.4 Å². The zero-order chi connectivity index (χ0) is 22.5. The highest BCUT2D eigenvalue weighted by Gasteiger charge is 1.95. The van der Waals surface area contributed by atoms with Crippen LogP contribution in [0.4, 0.5) is 0 Å². The Morgan fingerprint density at radius 1 is 0.355 bits per heavy atom. The van der Waals surface area contributed by atoms with Crippen LogP contribution in [0.5, 0.6) is 0 Å². The molecule has 0 fully saturated rings. The minimum Gasteiger partial charge on any atom is -0.379 e. The van der Waals surface area contributed by atoms with E-state index in [-0.39, 0.29) is 0 Å². The summed E-state index contributed by atoms with van der Waals surface area (Å²) in [6.07, 6.45) is 13.5. The van der Waals surface area contributed by atoms with Crippen molar-refractivity contribution >= 4 is 11.6 Å². The second-order valence-electron chi connectivity index (χ2n) is 7.55. The zero-order valence-corrected chi connectivity index (χ0v) is 20.8. The molecule has 0 aromatic carbocycles. The molecule has 31 heavy (non-hydrogen) atoms. The number of hydrogen-bond acceptors (Lipinski definition) is 6. The maximum absolute atomic E-state index is 5.61. The highest BCUT2D eigenvalue weighted by molar-refractivity contribution is 6.17. The molecule has 0 radical (unpaired) electrons. The Balaban J connectivity index is 2.98. The molecule has 0 aromatic heterocycles. The molecule has 0 unspecified atom stereocenters. The van der Waals surface area contributed by atoms with Crippen molar-refractivity contribution in [3.05, 3.63) is 0 Å². The summed E-state index contributed by atoms with van der Waals surface area (Å²) in [5, 5.41) is 0. The van der Waals surface area contributed by atoms with Gasteiger partial charge in [0.1, 0.15) is 0 Å².